The zero-order valence-electron chi connectivity index (χ0n) is 20.2. The molecule has 38 heavy (non-hydrogen) atoms. The van der Waals surface area contributed by atoms with Gasteiger partial charge in [-0.25, -0.2) is 19.0 Å². The number of piperidine rings is 1. The number of nitrogens with one attached hydrogen (secondary N) is 1. The Hall–Kier alpha value is -4.25. The van der Waals surface area contributed by atoms with Crippen molar-refractivity contribution in [3.8, 4) is 17.2 Å². The molecule has 4 aromatic rings. The van der Waals surface area contributed by atoms with Crippen LogP contribution in [0.25, 0.3) is 22.2 Å². The lowest BCUT2D eigenvalue weighted by atomic mass is 10.0. The summed E-state index contributed by atoms with van der Waals surface area (Å²) in [4.78, 5) is 11.1. The first kappa shape index (κ1) is 25.4. The van der Waals surface area contributed by atoms with Gasteiger partial charge in [0.2, 0.25) is 0 Å². The molecule has 0 aliphatic carbocycles. The Labute approximate surface area is 214 Å². The number of nitrogens with two attached hydrogens (primary N) is 1. The summed E-state index contributed by atoms with van der Waals surface area (Å²) >= 11 is 0. The molecule has 198 valence electrons. The summed E-state index contributed by atoms with van der Waals surface area (Å²) in [6.45, 7) is -0.584. The van der Waals surface area contributed by atoms with Gasteiger partial charge < -0.3 is 16.0 Å². The Morgan fingerprint density at radius 1 is 1.21 bits per heavy atom. The second-order valence-electron chi connectivity index (χ2n) is 9.04. The molecule has 0 bridgehead atoms. The van der Waals surface area contributed by atoms with Crippen molar-refractivity contribution in [2.24, 2.45) is 5.73 Å². The van der Waals surface area contributed by atoms with Gasteiger partial charge in [-0.3, -0.25) is 4.68 Å². The number of pyridine rings is 2. The smallest absolute Gasteiger partial charge is 0.369 e. The molecule has 1 aliphatic heterocycles. The molecule has 4 aromatic heterocycles. The maximum atomic E-state index is 13.0. The zero-order valence-corrected chi connectivity index (χ0v) is 20.2. The van der Waals surface area contributed by atoms with Gasteiger partial charge in [0.25, 0.3) is 0 Å². The summed E-state index contributed by atoms with van der Waals surface area (Å²) in [6.07, 6.45) is 1.67. The average Bonchev–Trinajstić information content (AvgIpc) is 3.47. The van der Waals surface area contributed by atoms with Gasteiger partial charge in [-0.2, -0.15) is 28.6 Å². The molecule has 0 aromatic carbocycles. The highest BCUT2D eigenvalue weighted by Crippen LogP contribution is 2.34. The minimum Gasteiger partial charge on any atom is -0.369 e. The van der Waals surface area contributed by atoms with Crippen LogP contribution in [0.3, 0.4) is 0 Å². The molecule has 0 radical (unpaired) electrons. The molecular formula is C24H24F4N10. The van der Waals surface area contributed by atoms with Crippen LogP contribution in [0, 0.1) is 11.3 Å². The molecule has 1 aliphatic rings. The predicted octanol–water partition coefficient (Wildman–Crippen LogP) is 3.76. The number of nitrogens with zero attached hydrogens (tertiary/aromatic N) is 8. The van der Waals surface area contributed by atoms with E-state index < -0.39 is 19.4 Å². The molecule has 1 fully saturated rings. The molecule has 0 saturated carbocycles. The van der Waals surface area contributed by atoms with Crippen LogP contribution in [0.1, 0.15) is 18.5 Å². The molecule has 0 amide bonds. The number of alkyl halides is 4. The molecule has 3 N–H and O–H groups in total. The van der Waals surface area contributed by atoms with Gasteiger partial charge >= 0.3 is 6.18 Å². The van der Waals surface area contributed by atoms with Crippen molar-refractivity contribution < 1.29 is 17.6 Å². The Balaban J connectivity index is 1.50. The summed E-state index contributed by atoms with van der Waals surface area (Å²) in [5.74, 6) is 0.844. The fourth-order valence-electron chi connectivity index (χ4n) is 4.57. The quantitative estimate of drug-likeness (QED) is 0.347. The van der Waals surface area contributed by atoms with Crippen molar-refractivity contribution in [2.75, 3.05) is 30.0 Å². The van der Waals surface area contributed by atoms with Crippen LogP contribution < -0.4 is 16.0 Å². The van der Waals surface area contributed by atoms with E-state index in [0.717, 1.165) is 29.8 Å². The van der Waals surface area contributed by atoms with Crippen molar-refractivity contribution in [1.29, 1.82) is 5.26 Å². The summed E-state index contributed by atoms with van der Waals surface area (Å²) in [5, 5.41) is 20.9. The van der Waals surface area contributed by atoms with Crippen LogP contribution in [0.5, 0.6) is 0 Å². The lowest BCUT2D eigenvalue weighted by molar-refractivity contribution is -0.142. The molecular weight excluding hydrogens is 504 g/mol. The number of aryl methyl sites for hydroxylation is 1. The fourth-order valence-corrected chi connectivity index (χ4v) is 4.57. The molecule has 14 heteroatoms. The Morgan fingerprint density at radius 3 is 2.79 bits per heavy atom. The average molecular weight is 529 g/mol. The highest BCUT2D eigenvalue weighted by molar-refractivity contribution is 5.84. The topological polar surface area (TPSA) is 126 Å². The van der Waals surface area contributed by atoms with Crippen molar-refractivity contribution in [1.82, 2.24) is 29.5 Å². The molecule has 5 heterocycles. The summed E-state index contributed by atoms with van der Waals surface area (Å²) in [6, 6.07) is 7.09. The third-order valence-electron chi connectivity index (χ3n) is 6.22. The lowest BCUT2D eigenvalue weighted by Gasteiger charge is -2.34. The normalized spacial score (nSPS) is 16.1. The van der Waals surface area contributed by atoms with Crippen molar-refractivity contribution in [3.63, 3.8) is 0 Å². The second-order valence-corrected chi connectivity index (χ2v) is 9.04. The van der Waals surface area contributed by atoms with Crippen LogP contribution in [-0.2, 0) is 13.1 Å². The SMILES string of the molecule is N#Cc1nn(CCF)c2nc(Nc3cc(N4CCC[C@H](N)C4)c(-c4cnn(CC(F)(F)F)c4)cn3)ccc12. The minimum absolute atomic E-state index is 0.0386. The highest BCUT2D eigenvalue weighted by Gasteiger charge is 2.29. The van der Waals surface area contributed by atoms with E-state index in [9.17, 15) is 22.8 Å². The van der Waals surface area contributed by atoms with E-state index in [1.807, 2.05) is 6.07 Å². The first-order chi connectivity index (χ1) is 18.2. The van der Waals surface area contributed by atoms with Crippen LogP contribution >= 0.6 is 0 Å². The number of fused-ring (bicyclic) bond motifs is 1. The van der Waals surface area contributed by atoms with Gasteiger partial charge in [0, 0.05) is 54.4 Å². The molecule has 1 atom stereocenters. The first-order valence-electron chi connectivity index (χ1n) is 11.9. The summed E-state index contributed by atoms with van der Waals surface area (Å²) < 4.78 is 53.8. The predicted molar refractivity (Wildman–Crippen MR) is 132 cm³/mol. The van der Waals surface area contributed by atoms with Gasteiger partial charge in [0.05, 0.1) is 18.1 Å². The number of rotatable bonds is 7. The number of hydrogen-bond acceptors (Lipinski definition) is 8. The first-order valence-corrected chi connectivity index (χ1v) is 11.9. The highest BCUT2D eigenvalue weighted by atomic mass is 19.4. The molecule has 10 nitrogen and oxygen atoms in total. The maximum Gasteiger partial charge on any atom is 0.408 e. The zero-order chi connectivity index (χ0) is 26.9. The molecule has 5 rings (SSSR count). The number of aromatic nitrogens is 6. The van der Waals surface area contributed by atoms with Gasteiger partial charge in [-0.05, 0) is 25.0 Å². The van der Waals surface area contributed by atoms with Crippen molar-refractivity contribution in [3.05, 3.63) is 42.5 Å². The third kappa shape index (κ3) is 5.37. The van der Waals surface area contributed by atoms with E-state index in [1.54, 1.807) is 24.4 Å². The molecule has 1 saturated heterocycles. The molecule has 0 unspecified atom stereocenters. The largest absolute Gasteiger partial charge is 0.408 e. The number of halogens is 4. The van der Waals surface area contributed by atoms with Gasteiger partial charge in [0.15, 0.2) is 11.3 Å². The lowest BCUT2D eigenvalue weighted by Crippen LogP contribution is -2.43. The summed E-state index contributed by atoms with van der Waals surface area (Å²) in [5.41, 5.74) is 8.60. The number of nitriles is 1. The maximum absolute atomic E-state index is 13.0. The fraction of sp³-hybridized carbons (Fsp3) is 0.375. The Bertz CT molecular complexity index is 1490. The van der Waals surface area contributed by atoms with Gasteiger partial charge in [-0.15, -0.1) is 0 Å². The Morgan fingerprint density at radius 2 is 2.05 bits per heavy atom. The van der Waals surface area contributed by atoms with Crippen LogP contribution in [-0.4, -0.2) is 61.5 Å². The second kappa shape index (κ2) is 10.3. The van der Waals surface area contributed by atoms with E-state index >= 15 is 0 Å². The van der Waals surface area contributed by atoms with Crippen molar-refractivity contribution in [2.45, 2.75) is 38.1 Å². The van der Waals surface area contributed by atoms with E-state index in [-0.39, 0.29) is 18.3 Å². The molecule has 0 spiro atoms. The van der Waals surface area contributed by atoms with E-state index in [2.05, 4.69) is 30.4 Å². The van der Waals surface area contributed by atoms with Crippen LogP contribution in [0.4, 0.5) is 34.9 Å². The standard InChI is InChI=1S/C24H24F4N10/c25-5-7-38-23-17(19(9-29)35-38)3-4-21(34-23)33-22-8-20(36-6-1-2-16(30)13-36)18(11-31-22)15-10-32-37(12-15)14-24(26,27)28/h3-4,8,10-12,16H,1-2,5-7,13-14,30H2,(H,31,33,34)/t16-/m0/s1. The minimum atomic E-state index is -4.39. The summed E-state index contributed by atoms with van der Waals surface area (Å²) in [7, 11) is 0. The third-order valence-corrected chi connectivity index (χ3v) is 6.22. The van der Waals surface area contributed by atoms with Gasteiger partial charge in [0.1, 0.15) is 30.9 Å². The van der Waals surface area contributed by atoms with Crippen LogP contribution in [0.15, 0.2) is 36.8 Å². The van der Waals surface area contributed by atoms with E-state index in [4.69, 9.17) is 5.73 Å². The van der Waals surface area contributed by atoms with E-state index in [1.165, 1.54) is 17.1 Å². The van der Waals surface area contributed by atoms with E-state index in [0.29, 0.717) is 40.3 Å². The Kier molecular flexibility index (Phi) is 6.85. The van der Waals surface area contributed by atoms with Crippen LogP contribution in [0.2, 0.25) is 0 Å². The van der Waals surface area contributed by atoms with Gasteiger partial charge in [-0.1, -0.05) is 0 Å². The number of anilines is 3. The number of hydrogen-bond donors (Lipinski definition) is 2. The van der Waals surface area contributed by atoms with Crippen molar-refractivity contribution >= 4 is 28.4 Å². The monoisotopic (exact) mass is 528 g/mol.